The van der Waals surface area contributed by atoms with Crippen molar-refractivity contribution in [3.05, 3.63) is 29.8 Å². The van der Waals surface area contributed by atoms with E-state index in [0.717, 1.165) is 6.42 Å². The number of anilines is 1. The highest BCUT2D eigenvalue weighted by Gasteiger charge is 2.18. The van der Waals surface area contributed by atoms with Crippen molar-refractivity contribution in [2.45, 2.75) is 39.7 Å². The van der Waals surface area contributed by atoms with E-state index < -0.39 is 0 Å². The number of rotatable bonds is 7. The molecular weight excluding hydrogens is 266 g/mol. The van der Waals surface area contributed by atoms with Crippen molar-refractivity contribution >= 4 is 17.5 Å². The van der Waals surface area contributed by atoms with Gasteiger partial charge in [0.15, 0.2) is 0 Å². The molecule has 5 nitrogen and oxygen atoms in total. The number of nitrogens with one attached hydrogen (secondary N) is 2. The maximum absolute atomic E-state index is 12.2. The summed E-state index contributed by atoms with van der Waals surface area (Å²) in [6.45, 7) is 6.16. The molecule has 0 fully saturated rings. The Morgan fingerprint density at radius 3 is 2.43 bits per heavy atom. The van der Waals surface area contributed by atoms with Crippen molar-refractivity contribution < 1.29 is 9.59 Å². The molecule has 0 aliphatic rings. The molecule has 0 radical (unpaired) electrons. The van der Waals surface area contributed by atoms with Crippen LogP contribution in [0.5, 0.6) is 0 Å². The number of amides is 2. The molecule has 1 aromatic rings. The summed E-state index contributed by atoms with van der Waals surface area (Å²) in [5.41, 5.74) is 6.57. The Labute approximate surface area is 126 Å². The minimum atomic E-state index is -0.240. The fraction of sp³-hybridized carbons (Fsp3) is 0.500. The van der Waals surface area contributed by atoms with Crippen LogP contribution in [0.1, 0.15) is 44.0 Å². The van der Waals surface area contributed by atoms with E-state index in [4.69, 9.17) is 5.73 Å². The van der Waals surface area contributed by atoms with E-state index in [-0.39, 0.29) is 23.8 Å². The first-order valence-corrected chi connectivity index (χ1v) is 7.44. The van der Waals surface area contributed by atoms with Crippen LogP contribution in [0.4, 0.5) is 5.69 Å². The number of carbonyl (C=O) groups excluding carboxylic acids is 2. The van der Waals surface area contributed by atoms with Gasteiger partial charge in [0, 0.05) is 12.6 Å². The number of benzene rings is 1. The highest BCUT2D eigenvalue weighted by atomic mass is 16.2. The summed E-state index contributed by atoms with van der Waals surface area (Å²) in [5, 5.41) is 5.71. The van der Waals surface area contributed by atoms with Gasteiger partial charge in [-0.15, -0.1) is 0 Å². The lowest BCUT2D eigenvalue weighted by Gasteiger charge is -2.17. The highest BCUT2D eigenvalue weighted by Crippen LogP contribution is 2.17. The van der Waals surface area contributed by atoms with Gasteiger partial charge in [0.25, 0.3) is 5.91 Å². The molecule has 0 spiro atoms. The zero-order valence-corrected chi connectivity index (χ0v) is 13.0. The number of hydrogen-bond donors (Lipinski definition) is 3. The molecule has 116 valence electrons. The second-order valence-corrected chi connectivity index (χ2v) is 5.16. The highest BCUT2D eigenvalue weighted by molar-refractivity contribution is 6.04. The van der Waals surface area contributed by atoms with Crippen LogP contribution in [0, 0.1) is 5.92 Å². The van der Waals surface area contributed by atoms with E-state index in [9.17, 15) is 9.59 Å². The zero-order valence-electron chi connectivity index (χ0n) is 13.0. The molecule has 4 N–H and O–H groups in total. The van der Waals surface area contributed by atoms with Crippen LogP contribution < -0.4 is 16.4 Å². The molecule has 0 aliphatic carbocycles. The maximum atomic E-state index is 12.2. The van der Waals surface area contributed by atoms with E-state index in [1.54, 1.807) is 24.3 Å². The van der Waals surface area contributed by atoms with E-state index >= 15 is 0 Å². The molecule has 2 amide bonds. The minimum absolute atomic E-state index is 0.0914. The zero-order chi connectivity index (χ0) is 15.8. The Balaban J connectivity index is 2.89. The molecule has 0 aromatic heterocycles. The fourth-order valence-corrected chi connectivity index (χ4v) is 1.89. The van der Waals surface area contributed by atoms with Crippen LogP contribution in [-0.2, 0) is 4.79 Å². The molecule has 0 bridgehead atoms. The Kier molecular flexibility index (Phi) is 6.88. The molecule has 1 aromatic carbocycles. The summed E-state index contributed by atoms with van der Waals surface area (Å²) in [6.07, 6.45) is 1.52. The van der Waals surface area contributed by atoms with Gasteiger partial charge in [0.1, 0.15) is 0 Å². The number of para-hydroxylation sites is 1. The van der Waals surface area contributed by atoms with E-state index in [1.807, 2.05) is 20.8 Å². The summed E-state index contributed by atoms with van der Waals surface area (Å²) in [6, 6.07) is 7.10. The monoisotopic (exact) mass is 291 g/mol. The lowest BCUT2D eigenvalue weighted by atomic mass is 10.1. The third-order valence-corrected chi connectivity index (χ3v) is 3.57. The van der Waals surface area contributed by atoms with Crippen LogP contribution in [0.3, 0.4) is 0 Å². The smallest absolute Gasteiger partial charge is 0.253 e. The van der Waals surface area contributed by atoms with Crippen molar-refractivity contribution in [2.75, 3.05) is 11.9 Å². The number of hydrogen-bond acceptors (Lipinski definition) is 3. The summed E-state index contributed by atoms with van der Waals surface area (Å²) in [7, 11) is 0. The van der Waals surface area contributed by atoms with Crippen LogP contribution in [-0.4, -0.2) is 24.4 Å². The molecule has 2 atom stereocenters. The second kappa shape index (κ2) is 8.42. The molecule has 0 saturated heterocycles. The summed E-state index contributed by atoms with van der Waals surface area (Å²) >= 11 is 0. The average molecular weight is 291 g/mol. The van der Waals surface area contributed by atoms with Gasteiger partial charge in [-0.2, -0.15) is 0 Å². The van der Waals surface area contributed by atoms with Gasteiger partial charge >= 0.3 is 0 Å². The second-order valence-electron chi connectivity index (χ2n) is 5.16. The normalized spacial score (nSPS) is 13.3. The van der Waals surface area contributed by atoms with Crippen LogP contribution in [0.2, 0.25) is 0 Å². The van der Waals surface area contributed by atoms with E-state index in [2.05, 4.69) is 10.6 Å². The van der Waals surface area contributed by atoms with Gasteiger partial charge in [0.2, 0.25) is 5.91 Å². The van der Waals surface area contributed by atoms with E-state index in [0.29, 0.717) is 24.2 Å². The molecule has 0 heterocycles. The van der Waals surface area contributed by atoms with Gasteiger partial charge in [-0.3, -0.25) is 9.59 Å². The first kappa shape index (κ1) is 17.2. The Bertz CT molecular complexity index is 484. The summed E-state index contributed by atoms with van der Waals surface area (Å²) in [5.74, 6) is -0.569. The Morgan fingerprint density at radius 1 is 1.19 bits per heavy atom. The molecule has 5 heteroatoms. The van der Waals surface area contributed by atoms with Crippen molar-refractivity contribution in [1.29, 1.82) is 0 Å². The van der Waals surface area contributed by atoms with Crippen molar-refractivity contribution in [1.82, 2.24) is 5.32 Å². The largest absolute Gasteiger partial charge is 0.350 e. The SMILES string of the molecule is CCC(C)NC(=O)c1ccccc1NC(=O)C(CC)CN. The predicted octanol–water partition coefficient (Wildman–Crippen LogP) is 2.14. The Hall–Kier alpha value is -1.88. The summed E-state index contributed by atoms with van der Waals surface area (Å²) in [4.78, 5) is 24.3. The van der Waals surface area contributed by atoms with Gasteiger partial charge in [-0.1, -0.05) is 26.0 Å². The third-order valence-electron chi connectivity index (χ3n) is 3.57. The Morgan fingerprint density at radius 2 is 1.86 bits per heavy atom. The fourth-order valence-electron chi connectivity index (χ4n) is 1.89. The van der Waals surface area contributed by atoms with E-state index in [1.165, 1.54) is 0 Å². The molecule has 0 aliphatic heterocycles. The molecule has 2 unspecified atom stereocenters. The van der Waals surface area contributed by atoms with Gasteiger partial charge in [0.05, 0.1) is 17.2 Å². The van der Waals surface area contributed by atoms with Crippen LogP contribution >= 0.6 is 0 Å². The number of nitrogens with two attached hydrogens (primary N) is 1. The standard InChI is InChI=1S/C16H25N3O2/c1-4-11(3)18-16(21)13-8-6-7-9-14(13)19-15(20)12(5-2)10-17/h6-9,11-12H,4-5,10,17H2,1-3H3,(H,18,21)(H,19,20). The minimum Gasteiger partial charge on any atom is -0.350 e. The number of carbonyl (C=O) groups is 2. The third kappa shape index (κ3) is 4.86. The van der Waals surface area contributed by atoms with Gasteiger partial charge < -0.3 is 16.4 Å². The first-order valence-electron chi connectivity index (χ1n) is 7.44. The molecular formula is C16H25N3O2. The topological polar surface area (TPSA) is 84.2 Å². The van der Waals surface area contributed by atoms with Crippen molar-refractivity contribution in [3.63, 3.8) is 0 Å². The summed E-state index contributed by atoms with van der Waals surface area (Å²) < 4.78 is 0. The van der Waals surface area contributed by atoms with Crippen LogP contribution in [0.15, 0.2) is 24.3 Å². The first-order chi connectivity index (χ1) is 10.0. The average Bonchev–Trinajstić information content (AvgIpc) is 2.48. The lowest BCUT2D eigenvalue weighted by molar-refractivity contribution is -0.119. The molecule has 0 saturated carbocycles. The predicted molar refractivity (Wildman–Crippen MR) is 85.1 cm³/mol. The lowest BCUT2D eigenvalue weighted by Crippen LogP contribution is -2.33. The quantitative estimate of drug-likeness (QED) is 0.719. The van der Waals surface area contributed by atoms with Gasteiger partial charge in [-0.25, -0.2) is 0 Å². The van der Waals surface area contributed by atoms with Gasteiger partial charge in [-0.05, 0) is 31.9 Å². The molecule has 1 rings (SSSR count). The molecule has 21 heavy (non-hydrogen) atoms. The van der Waals surface area contributed by atoms with Crippen LogP contribution in [0.25, 0.3) is 0 Å². The maximum Gasteiger partial charge on any atom is 0.253 e. The van der Waals surface area contributed by atoms with Crippen molar-refractivity contribution in [2.24, 2.45) is 11.7 Å². The van der Waals surface area contributed by atoms with Crippen molar-refractivity contribution in [3.8, 4) is 0 Å².